The molecule has 0 aliphatic rings. The zero-order valence-corrected chi connectivity index (χ0v) is 16.4. The Kier molecular flexibility index (Phi) is 5.61. The number of oxazole rings is 1. The van der Waals surface area contributed by atoms with Gasteiger partial charge in [0.05, 0.1) is 35.4 Å². The molecule has 148 valence electrons. The monoisotopic (exact) mass is 425 g/mol. The molecule has 0 atom stereocenters. The molecule has 0 saturated carbocycles. The predicted molar refractivity (Wildman–Crippen MR) is 104 cm³/mol. The molecule has 3 rings (SSSR count). The fourth-order valence-corrected chi connectivity index (χ4v) is 3.54. The first kappa shape index (κ1) is 19.8. The molecule has 9 nitrogen and oxygen atoms in total. The van der Waals surface area contributed by atoms with Crippen molar-refractivity contribution in [2.24, 2.45) is 5.10 Å². The number of aromatic amines is 1. The summed E-state index contributed by atoms with van der Waals surface area (Å²) in [5.74, 6) is 0.120. The minimum Gasteiger partial charge on any atom is -0.491 e. The third-order valence-corrected chi connectivity index (χ3v) is 5.13. The van der Waals surface area contributed by atoms with Gasteiger partial charge in [-0.15, -0.1) is 0 Å². The van der Waals surface area contributed by atoms with Gasteiger partial charge >= 0.3 is 5.76 Å². The van der Waals surface area contributed by atoms with Crippen molar-refractivity contribution in [2.75, 3.05) is 13.7 Å². The lowest BCUT2D eigenvalue weighted by Crippen LogP contribution is -2.18. The van der Waals surface area contributed by atoms with Gasteiger partial charge in [-0.25, -0.2) is 9.63 Å². The summed E-state index contributed by atoms with van der Waals surface area (Å²) < 4.78 is 40.3. The standard InChI is InChI=1S/C17H16ClN3O6S/c1-3-26-15-7-10(6-12(18)16(15)25-2)9-19-21-28(23,24)11-4-5-13-14(8-11)27-17(22)20-13/h4-9,21H,3H2,1-2H3,(H,20,22)/b19-9+. The molecule has 3 aromatic rings. The Morgan fingerprint density at radius 2 is 2.11 bits per heavy atom. The quantitative estimate of drug-likeness (QED) is 0.443. The fourth-order valence-electron chi connectivity index (χ4n) is 2.44. The second kappa shape index (κ2) is 7.95. The number of sulfonamides is 1. The Balaban J connectivity index is 1.83. The average Bonchev–Trinajstić information content (AvgIpc) is 3.01. The van der Waals surface area contributed by atoms with Gasteiger partial charge in [0.15, 0.2) is 17.1 Å². The van der Waals surface area contributed by atoms with Gasteiger partial charge in [-0.1, -0.05) is 11.6 Å². The summed E-state index contributed by atoms with van der Waals surface area (Å²) in [6.45, 7) is 2.21. The molecule has 2 aromatic carbocycles. The van der Waals surface area contributed by atoms with Crippen molar-refractivity contribution in [1.29, 1.82) is 0 Å². The van der Waals surface area contributed by atoms with Crippen molar-refractivity contribution in [2.45, 2.75) is 11.8 Å². The number of halogens is 1. The number of nitrogens with one attached hydrogen (secondary N) is 2. The van der Waals surface area contributed by atoms with Gasteiger partial charge < -0.3 is 13.9 Å². The number of fused-ring (bicyclic) bond motifs is 1. The highest BCUT2D eigenvalue weighted by Gasteiger charge is 2.15. The van der Waals surface area contributed by atoms with Crippen LogP contribution in [0.25, 0.3) is 11.1 Å². The molecule has 0 amide bonds. The molecule has 0 saturated heterocycles. The van der Waals surface area contributed by atoms with E-state index in [4.69, 9.17) is 25.5 Å². The molecule has 0 unspecified atom stereocenters. The lowest BCUT2D eigenvalue weighted by Gasteiger charge is -2.11. The molecule has 0 fully saturated rings. The predicted octanol–water partition coefficient (Wildman–Crippen LogP) is 2.49. The van der Waals surface area contributed by atoms with Crippen molar-refractivity contribution in [3.8, 4) is 11.5 Å². The number of benzene rings is 2. The second-order valence-electron chi connectivity index (χ2n) is 5.49. The Hall–Kier alpha value is -2.98. The highest BCUT2D eigenvalue weighted by atomic mass is 35.5. The number of ether oxygens (including phenoxy) is 2. The molecule has 0 aliphatic heterocycles. The Bertz CT molecular complexity index is 1200. The Morgan fingerprint density at radius 1 is 1.32 bits per heavy atom. The second-order valence-corrected chi connectivity index (χ2v) is 7.56. The largest absolute Gasteiger partial charge is 0.491 e. The van der Waals surface area contributed by atoms with Gasteiger partial charge in [-0.3, -0.25) is 4.98 Å². The fraction of sp³-hybridized carbons (Fsp3) is 0.176. The number of hydrogen-bond donors (Lipinski definition) is 2. The summed E-state index contributed by atoms with van der Waals surface area (Å²) in [4.78, 5) is 15.6. The maximum absolute atomic E-state index is 12.4. The van der Waals surface area contributed by atoms with E-state index in [0.717, 1.165) is 0 Å². The first-order chi connectivity index (χ1) is 13.3. The third-order valence-electron chi connectivity index (χ3n) is 3.63. The Labute approximate surface area is 165 Å². The first-order valence-electron chi connectivity index (χ1n) is 8.02. The number of methoxy groups -OCH3 is 1. The normalized spacial score (nSPS) is 11.8. The van der Waals surface area contributed by atoms with Gasteiger partial charge in [-0.05, 0) is 36.8 Å². The molecular weight excluding hydrogens is 410 g/mol. The van der Waals surface area contributed by atoms with E-state index in [9.17, 15) is 13.2 Å². The minimum atomic E-state index is -3.97. The summed E-state index contributed by atoms with van der Waals surface area (Å²) >= 11 is 6.15. The van der Waals surface area contributed by atoms with E-state index < -0.39 is 15.8 Å². The summed E-state index contributed by atoms with van der Waals surface area (Å²) in [7, 11) is -2.50. The number of rotatable bonds is 7. The molecule has 0 aliphatic carbocycles. The van der Waals surface area contributed by atoms with Crippen molar-refractivity contribution in [1.82, 2.24) is 9.82 Å². The zero-order chi connectivity index (χ0) is 20.3. The van der Waals surface area contributed by atoms with Crippen LogP contribution in [0.15, 0.2) is 49.5 Å². The first-order valence-corrected chi connectivity index (χ1v) is 9.88. The van der Waals surface area contributed by atoms with E-state index in [2.05, 4.69) is 14.9 Å². The molecule has 0 spiro atoms. The van der Waals surface area contributed by atoms with Gasteiger partial charge in [0.25, 0.3) is 10.0 Å². The van der Waals surface area contributed by atoms with Crippen molar-refractivity contribution >= 4 is 38.9 Å². The van der Waals surface area contributed by atoms with E-state index in [1.165, 1.54) is 31.5 Å². The molecule has 28 heavy (non-hydrogen) atoms. The van der Waals surface area contributed by atoms with E-state index in [-0.39, 0.29) is 10.5 Å². The third kappa shape index (κ3) is 4.12. The van der Waals surface area contributed by atoms with Crippen LogP contribution in [0.2, 0.25) is 5.02 Å². The molecule has 11 heteroatoms. The molecular formula is C17H16ClN3O6S. The summed E-state index contributed by atoms with van der Waals surface area (Å²) in [5, 5.41) is 4.05. The maximum Gasteiger partial charge on any atom is 0.417 e. The van der Waals surface area contributed by atoms with Crippen LogP contribution in [0, 0.1) is 0 Å². The smallest absolute Gasteiger partial charge is 0.417 e. The van der Waals surface area contributed by atoms with Crippen LogP contribution in [-0.4, -0.2) is 33.3 Å². The average molecular weight is 426 g/mol. The zero-order valence-electron chi connectivity index (χ0n) is 14.9. The molecule has 1 aromatic heterocycles. The highest BCUT2D eigenvalue weighted by Crippen LogP contribution is 2.35. The van der Waals surface area contributed by atoms with Crippen molar-refractivity contribution in [3.63, 3.8) is 0 Å². The van der Waals surface area contributed by atoms with Crippen LogP contribution in [0.3, 0.4) is 0 Å². The van der Waals surface area contributed by atoms with Crippen LogP contribution in [0.5, 0.6) is 11.5 Å². The van der Waals surface area contributed by atoms with E-state index in [1.54, 1.807) is 12.1 Å². The SMILES string of the molecule is CCOc1cc(/C=N/NS(=O)(=O)c2ccc3[nH]c(=O)oc3c2)cc(Cl)c1OC. The van der Waals surface area contributed by atoms with E-state index >= 15 is 0 Å². The molecule has 1 heterocycles. The Morgan fingerprint density at radius 3 is 2.82 bits per heavy atom. The van der Waals surface area contributed by atoms with Crippen LogP contribution in [0.1, 0.15) is 12.5 Å². The number of aromatic nitrogens is 1. The van der Waals surface area contributed by atoms with Gasteiger partial charge in [0, 0.05) is 6.07 Å². The van der Waals surface area contributed by atoms with Crippen LogP contribution in [-0.2, 0) is 10.0 Å². The lowest BCUT2D eigenvalue weighted by atomic mass is 10.2. The van der Waals surface area contributed by atoms with E-state index in [1.807, 2.05) is 6.92 Å². The van der Waals surface area contributed by atoms with Crippen LogP contribution in [0.4, 0.5) is 0 Å². The number of H-pyrrole nitrogens is 1. The lowest BCUT2D eigenvalue weighted by molar-refractivity contribution is 0.311. The highest BCUT2D eigenvalue weighted by molar-refractivity contribution is 7.89. The maximum atomic E-state index is 12.4. The number of hydrazone groups is 1. The summed E-state index contributed by atoms with van der Waals surface area (Å²) in [6, 6.07) is 7.15. The molecule has 2 N–H and O–H groups in total. The van der Waals surface area contributed by atoms with Crippen LogP contribution < -0.4 is 20.1 Å². The number of nitrogens with zero attached hydrogens (tertiary/aromatic N) is 1. The van der Waals surface area contributed by atoms with Gasteiger partial charge in [0.1, 0.15) is 0 Å². The minimum absolute atomic E-state index is 0.109. The van der Waals surface area contributed by atoms with Gasteiger partial charge in [-0.2, -0.15) is 13.5 Å². The topological polar surface area (TPSA) is 123 Å². The van der Waals surface area contributed by atoms with E-state index in [0.29, 0.717) is 34.2 Å². The molecule has 0 bridgehead atoms. The van der Waals surface area contributed by atoms with Crippen molar-refractivity contribution < 1.29 is 22.3 Å². The summed E-state index contributed by atoms with van der Waals surface area (Å²) in [5.41, 5.74) is 1.02. The van der Waals surface area contributed by atoms with Crippen LogP contribution >= 0.6 is 11.6 Å². The number of hydrogen-bond acceptors (Lipinski definition) is 7. The molecule has 0 radical (unpaired) electrons. The summed E-state index contributed by atoms with van der Waals surface area (Å²) in [6.07, 6.45) is 1.28. The van der Waals surface area contributed by atoms with Crippen molar-refractivity contribution in [3.05, 3.63) is 51.5 Å². The van der Waals surface area contributed by atoms with Gasteiger partial charge in [0.2, 0.25) is 0 Å².